The smallest absolute Gasteiger partial charge is 0.262 e. The Kier molecular flexibility index (Phi) is 5.78. The molecule has 5 nitrogen and oxygen atoms in total. The van der Waals surface area contributed by atoms with E-state index < -0.39 is 0 Å². The first-order valence-electron chi connectivity index (χ1n) is 8.68. The number of nitrogens with one attached hydrogen (secondary N) is 1. The van der Waals surface area contributed by atoms with Crippen molar-refractivity contribution in [2.75, 3.05) is 23.4 Å². The van der Waals surface area contributed by atoms with Crippen LogP contribution in [0.3, 0.4) is 0 Å². The van der Waals surface area contributed by atoms with Gasteiger partial charge in [0.15, 0.2) is 6.61 Å². The lowest BCUT2D eigenvalue weighted by molar-refractivity contribution is -0.119. The van der Waals surface area contributed by atoms with E-state index in [2.05, 4.69) is 12.2 Å². The quantitative estimate of drug-likeness (QED) is 0.832. The Balaban J connectivity index is 1.63. The van der Waals surface area contributed by atoms with Crippen LogP contribution in [0.1, 0.15) is 25.3 Å². The molecule has 0 saturated carbocycles. The van der Waals surface area contributed by atoms with E-state index in [1.165, 1.54) is 0 Å². The fourth-order valence-corrected chi connectivity index (χ4v) is 3.19. The Morgan fingerprint density at radius 1 is 1.23 bits per heavy atom. The van der Waals surface area contributed by atoms with Gasteiger partial charge in [-0.1, -0.05) is 24.6 Å². The number of fused-ring (bicyclic) bond motifs is 1. The average molecular weight is 373 g/mol. The van der Waals surface area contributed by atoms with Crippen LogP contribution >= 0.6 is 11.6 Å². The Hall–Kier alpha value is -2.53. The van der Waals surface area contributed by atoms with Crippen molar-refractivity contribution < 1.29 is 14.3 Å². The summed E-state index contributed by atoms with van der Waals surface area (Å²) in [5, 5.41) is 3.39. The maximum absolute atomic E-state index is 12.1. The first-order chi connectivity index (χ1) is 12.6. The molecule has 0 fully saturated rings. The van der Waals surface area contributed by atoms with Crippen molar-refractivity contribution in [2.45, 2.75) is 26.2 Å². The molecule has 0 atom stereocenters. The summed E-state index contributed by atoms with van der Waals surface area (Å²) >= 11 is 5.89. The van der Waals surface area contributed by atoms with Gasteiger partial charge >= 0.3 is 0 Å². The van der Waals surface area contributed by atoms with Gasteiger partial charge in [-0.2, -0.15) is 0 Å². The summed E-state index contributed by atoms with van der Waals surface area (Å²) in [6.07, 6.45) is 2.10. The molecule has 1 N–H and O–H groups in total. The van der Waals surface area contributed by atoms with Crippen LogP contribution in [0.25, 0.3) is 0 Å². The number of aryl methyl sites for hydroxylation is 1. The summed E-state index contributed by atoms with van der Waals surface area (Å²) in [6.45, 7) is 2.67. The molecule has 2 amide bonds. The van der Waals surface area contributed by atoms with Crippen LogP contribution in [-0.2, 0) is 16.0 Å². The Morgan fingerprint density at radius 3 is 2.85 bits per heavy atom. The molecule has 26 heavy (non-hydrogen) atoms. The van der Waals surface area contributed by atoms with Crippen molar-refractivity contribution in [1.29, 1.82) is 0 Å². The SMILES string of the molecule is CCCN1C(=O)CCc2cc(NC(=O)COc3cccc(Cl)c3)ccc21. The van der Waals surface area contributed by atoms with Gasteiger partial charge in [0.1, 0.15) is 5.75 Å². The van der Waals surface area contributed by atoms with E-state index in [0.717, 1.165) is 17.7 Å². The minimum atomic E-state index is -0.248. The van der Waals surface area contributed by atoms with Crippen LogP contribution in [0.15, 0.2) is 42.5 Å². The Labute approximate surface area is 157 Å². The van der Waals surface area contributed by atoms with Gasteiger partial charge in [-0.25, -0.2) is 0 Å². The second kappa shape index (κ2) is 8.23. The van der Waals surface area contributed by atoms with Crippen molar-refractivity contribution in [3.8, 4) is 5.75 Å². The summed E-state index contributed by atoms with van der Waals surface area (Å²) in [4.78, 5) is 26.0. The van der Waals surface area contributed by atoms with Crippen molar-refractivity contribution in [1.82, 2.24) is 0 Å². The van der Waals surface area contributed by atoms with Crippen LogP contribution in [0.5, 0.6) is 5.75 Å². The molecule has 0 bridgehead atoms. The molecular weight excluding hydrogens is 352 g/mol. The molecule has 136 valence electrons. The molecule has 0 aromatic heterocycles. The van der Waals surface area contributed by atoms with Gasteiger partial charge in [-0.15, -0.1) is 0 Å². The van der Waals surface area contributed by atoms with Gasteiger partial charge in [-0.3, -0.25) is 9.59 Å². The maximum atomic E-state index is 12.1. The molecule has 0 spiro atoms. The number of nitrogens with zero attached hydrogens (tertiary/aromatic N) is 1. The molecule has 2 aromatic rings. The number of carbonyl (C=O) groups is 2. The van der Waals surface area contributed by atoms with Crippen LogP contribution in [-0.4, -0.2) is 25.0 Å². The third-order valence-corrected chi connectivity index (χ3v) is 4.41. The second-order valence-electron chi connectivity index (χ2n) is 6.18. The number of benzene rings is 2. The van der Waals surface area contributed by atoms with Gasteiger partial charge in [-0.05, 0) is 54.8 Å². The summed E-state index contributed by atoms with van der Waals surface area (Å²) in [7, 11) is 0. The van der Waals surface area contributed by atoms with Gasteiger partial charge in [0, 0.05) is 29.4 Å². The van der Waals surface area contributed by atoms with Crippen molar-refractivity contribution >= 4 is 34.8 Å². The number of hydrogen-bond donors (Lipinski definition) is 1. The highest BCUT2D eigenvalue weighted by molar-refractivity contribution is 6.30. The van der Waals surface area contributed by atoms with Crippen molar-refractivity contribution in [2.24, 2.45) is 0 Å². The van der Waals surface area contributed by atoms with Gasteiger partial charge in [0.25, 0.3) is 5.91 Å². The summed E-state index contributed by atoms with van der Waals surface area (Å²) in [5.74, 6) is 0.458. The van der Waals surface area contributed by atoms with Crippen molar-refractivity contribution in [3.05, 3.63) is 53.1 Å². The number of amides is 2. The van der Waals surface area contributed by atoms with E-state index >= 15 is 0 Å². The van der Waals surface area contributed by atoms with Crippen LogP contribution < -0.4 is 15.0 Å². The van der Waals surface area contributed by atoms with E-state index in [-0.39, 0.29) is 18.4 Å². The van der Waals surface area contributed by atoms with E-state index in [1.54, 1.807) is 24.3 Å². The predicted molar refractivity (Wildman–Crippen MR) is 103 cm³/mol. The first-order valence-corrected chi connectivity index (χ1v) is 9.06. The van der Waals surface area contributed by atoms with E-state index in [9.17, 15) is 9.59 Å². The van der Waals surface area contributed by atoms with Gasteiger partial charge < -0.3 is 15.0 Å². The largest absolute Gasteiger partial charge is 0.484 e. The third-order valence-electron chi connectivity index (χ3n) is 4.18. The Morgan fingerprint density at radius 2 is 2.08 bits per heavy atom. The zero-order valence-corrected chi connectivity index (χ0v) is 15.4. The van der Waals surface area contributed by atoms with Crippen LogP contribution in [0.4, 0.5) is 11.4 Å². The number of ether oxygens (including phenoxy) is 1. The fraction of sp³-hybridized carbons (Fsp3) is 0.300. The molecule has 1 heterocycles. The summed E-state index contributed by atoms with van der Waals surface area (Å²) in [5.41, 5.74) is 2.72. The molecule has 3 rings (SSSR count). The highest BCUT2D eigenvalue weighted by Crippen LogP contribution is 2.30. The van der Waals surface area contributed by atoms with E-state index in [0.29, 0.717) is 35.8 Å². The molecule has 1 aliphatic rings. The lowest BCUT2D eigenvalue weighted by Crippen LogP contribution is -2.35. The van der Waals surface area contributed by atoms with Crippen LogP contribution in [0, 0.1) is 0 Å². The number of anilines is 2. The zero-order valence-electron chi connectivity index (χ0n) is 14.6. The second-order valence-corrected chi connectivity index (χ2v) is 6.62. The minimum absolute atomic E-state index is 0.0993. The normalized spacial score (nSPS) is 13.3. The predicted octanol–water partition coefficient (Wildman–Crippen LogP) is 4.05. The number of halogens is 1. The molecule has 0 unspecified atom stereocenters. The topological polar surface area (TPSA) is 58.6 Å². The average Bonchev–Trinajstić information content (AvgIpc) is 2.63. The standard InChI is InChI=1S/C20H21ClN2O3/c1-2-10-23-18-8-7-16(11-14(18)6-9-20(23)25)22-19(24)13-26-17-5-3-4-15(21)12-17/h3-5,7-8,11-12H,2,6,9-10,13H2,1H3,(H,22,24). The molecule has 1 aliphatic heterocycles. The third kappa shape index (κ3) is 4.35. The summed E-state index contributed by atoms with van der Waals surface area (Å²) in [6, 6.07) is 12.6. The first kappa shape index (κ1) is 18.3. The van der Waals surface area contributed by atoms with E-state index in [4.69, 9.17) is 16.3 Å². The number of hydrogen-bond acceptors (Lipinski definition) is 3. The monoisotopic (exact) mass is 372 g/mol. The maximum Gasteiger partial charge on any atom is 0.262 e. The number of carbonyl (C=O) groups excluding carboxylic acids is 2. The molecular formula is C20H21ClN2O3. The zero-order chi connectivity index (χ0) is 18.5. The molecule has 0 saturated heterocycles. The summed E-state index contributed by atoms with van der Waals surface area (Å²) < 4.78 is 5.45. The van der Waals surface area contributed by atoms with Crippen molar-refractivity contribution in [3.63, 3.8) is 0 Å². The van der Waals surface area contributed by atoms with E-state index in [1.807, 2.05) is 23.1 Å². The van der Waals surface area contributed by atoms with Gasteiger partial charge in [0.05, 0.1) is 0 Å². The fourth-order valence-electron chi connectivity index (χ4n) is 3.01. The van der Waals surface area contributed by atoms with Crippen LogP contribution in [0.2, 0.25) is 5.02 Å². The van der Waals surface area contributed by atoms with Gasteiger partial charge in [0.2, 0.25) is 5.91 Å². The molecule has 0 aliphatic carbocycles. The number of rotatable bonds is 6. The molecule has 6 heteroatoms. The Bertz CT molecular complexity index is 822. The lowest BCUT2D eigenvalue weighted by atomic mass is 10.00. The minimum Gasteiger partial charge on any atom is -0.484 e. The highest BCUT2D eigenvalue weighted by Gasteiger charge is 2.23. The highest BCUT2D eigenvalue weighted by atomic mass is 35.5. The molecule has 2 aromatic carbocycles. The molecule has 0 radical (unpaired) electrons. The lowest BCUT2D eigenvalue weighted by Gasteiger charge is -2.29.